The number of rotatable bonds is 9. The molecule has 1 aliphatic rings. The van der Waals surface area contributed by atoms with Crippen molar-refractivity contribution in [3.63, 3.8) is 0 Å². The van der Waals surface area contributed by atoms with E-state index in [1.807, 2.05) is 13.8 Å². The van der Waals surface area contributed by atoms with E-state index in [1.54, 1.807) is 20.8 Å². The number of aromatic nitrogens is 1. The Morgan fingerprint density at radius 2 is 1.60 bits per heavy atom. The maximum Gasteiger partial charge on any atom is 0.408 e. The van der Waals surface area contributed by atoms with E-state index in [1.165, 1.54) is 0 Å². The average molecular weight is 495 g/mol. The minimum atomic E-state index is -1.13. The zero-order valence-electron chi connectivity index (χ0n) is 21.1. The summed E-state index contributed by atoms with van der Waals surface area (Å²) in [6, 6.07) is 0.209. The van der Waals surface area contributed by atoms with Crippen LogP contribution in [-0.4, -0.2) is 56.3 Å². The van der Waals surface area contributed by atoms with Crippen molar-refractivity contribution in [3.8, 4) is 11.8 Å². The van der Waals surface area contributed by atoms with Crippen LogP contribution in [0, 0.1) is 11.8 Å². The van der Waals surface area contributed by atoms with E-state index in [0.717, 1.165) is 31.4 Å². The lowest BCUT2D eigenvalue weighted by molar-refractivity contribution is -0.139. The molecule has 3 amide bonds. The third-order valence-corrected chi connectivity index (χ3v) is 5.69. The van der Waals surface area contributed by atoms with Crippen LogP contribution in [0.25, 0.3) is 0 Å². The molecule has 1 saturated carbocycles. The van der Waals surface area contributed by atoms with Gasteiger partial charge in [-0.3, -0.25) is 19.8 Å². The summed E-state index contributed by atoms with van der Waals surface area (Å²) in [5, 5.41) is 24.8. The summed E-state index contributed by atoms with van der Waals surface area (Å²) >= 11 is 0. The first-order chi connectivity index (χ1) is 16.3. The Kier molecular flexibility index (Phi) is 9.55. The van der Waals surface area contributed by atoms with Crippen molar-refractivity contribution in [2.24, 2.45) is 11.8 Å². The van der Waals surface area contributed by atoms with Gasteiger partial charge in [0.25, 0.3) is 0 Å². The number of hydrogen-bond donors (Lipinski definition) is 5. The second-order valence-electron chi connectivity index (χ2n) is 10.4. The number of ether oxygens (including phenoxy) is 1. The first-order valence-electron chi connectivity index (χ1n) is 12.0. The van der Waals surface area contributed by atoms with Gasteiger partial charge in [-0.05, 0) is 51.9 Å². The van der Waals surface area contributed by atoms with Crippen LogP contribution in [-0.2, 0) is 19.1 Å². The fourth-order valence-electron chi connectivity index (χ4n) is 4.10. The summed E-state index contributed by atoms with van der Waals surface area (Å²) in [6.07, 6.45) is 3.56. The zero-order chi connectivity index (χ0) is 26.3. The molecule has 0 spiro atoms. The van der Waals surface area contributed by atoms with Gasteiger partial charge in [-0.1, -0.05) is 33.1 Å². The molecule has 11 nitrogen and oxygen atoms in total. The fourth-order valence-corrected chi connectivity index (χ4v) is 4.10. The van der Waals surface area contributed by atoms with E-state index < -0.39 is 53.1 Å². The van der Waals surface area contributed by atoms with Gasteiger partial charge in [0.2, 0.25) is 23.5 Å². The maximum atomic E-state index is 13.2. The first-order valence-corrected chi connectivity index (χ1v) is 12.0. The third kappa shape index (κ3) is 8.48. The van der Waals surface area contributed by atoms with Gasteiger partial charge in [-0.25, -0.2) is 4.79 Å². The lowest BCUT2D eigenvalue weighted by Gasteiger charge is -2.31. The van der Waals surface area contributed by atoms with Crippen LogP contribution in [0.1, 0.15) is 73.1 Å². The van der Waals surface area contributed by atoms with Crippen molar-refractivity contribution in [1.82, 2.24) is 15.3 Å². The molecule has 1 aromatic heterocycles. The Morgan fingerprint density at radius 3 is 2.11 bits per heavy atom. The SMILES string of the molecule is CC(C)C[C@H](NC(=O)OC(C)(C)C)C(=O)NC(C(=O)C(=O)Nn1c(O)ccc1O)C1CCCCC1. The fraction of sp³-hybridized carbons (Fsp3) is 0.667. The predicted molar refractivity (Wildman–Crippen MR) is 128 cm³/mol. The molecule has 11 heteroatoms. The highest BCUT2D eigenvalue weighted by atomic mass is 16.6. The Hall–Kier alpha value is -3.24. The van der Waals surface area contributed by atoms with Crippen LogP contribution in [0.2, 0.25) is 0 Å². The minimum Gasteiger partial charge on any atom is -0.493 e. The highest BCUT2D eigenvalue weighted by Crippen LogP contribution is 2.27. The quantitative estimate of drug-likeness (QED) is 0.330. The molecule has 2 rings (SSSR count). The van der Waals surface area contributed by atoms with Crippen molar-refractivity contribution in [1.29, 1.82) is 0 Å². The Bertz CT molecular complexity index is 894. The summed E-state index contributed by atoms with van der Waals surface area (Å²) in [5.74, 6) is -3.72. The van der Waals surface area contributed by atoms with E-state index in [4.69, 9.17) is 4.74 Å². The van der Waals surface area contributed by atoms with Crippen LogP contribution in [0.4, 0.5) is 4.79 Å². The Labute approximate surface area is 205 Å². The molecule has 0 saturated heterocycles. The van der Waals surface area contributed by atoms with Gasteiger partial charge in [0.1, 0.15) is 17.7 Å². The highest BCUT2D eigenvalue weighted by molar-refractivity contribution is 6.41. The second kappa shape index (κ2) is 11.9. The lowest BCUT2D eigenvalue weighted by Crippen LogP contribution is -2.56. The summed E-state index contributed by atoms with van der Waals surface area (Å²) in [4.78, 5) is 51.5. The number of carbonyl (C=O) groups is 4. The largest absolute Gasteiger partial charge is 0.493 e. The van der Waals surface area contributed by atoms with Gasteiger partial charge < -0.3 is 25.6 Å². The monoisotopic (exact) mass is 494 g/mol. The van der Waals surface area contributed by atoms with E-state index in [9.17, 15) is 29.4 Å². The molecule has 0 radical (unpaired) electrons. The molecule has 0 aliphatic heterocycles. The number of Topliss-reactive ketones (excluding diaryl/α,β-unsaturated/α-hetero) is 1. The molecule has 1 aliphatic carbocycles. The molecule has 0 bridgehead atoms. The Morgan fingerprint density at radius 1 is 1.03 bits per heavy atom. The third-order valence-electron chi connectivity index (χ3n) is 5.69. The molecular weight excluding hydrogens is 456 g/mol. The van der Waals surface area contributed by atoms with Gasteiger partial charge in [-0.15, -0.1) is 0 Å². The molecule has 1 unspecified atom stereocenters. The van der Waals surface area contributed by atoms with Crippen LogP contribution in [0.3, 0.4) is 0 Å². The smallest absolute Gasteiger partial charge is 0.408 e. The van der Waals surface area contributed by atoms with Crippen molar-refractivity contribution >= 4 is 23.7 Å². The number of hydrogen-bond acceptors (Lipinski definition) is 7. The normalized spacial score (nSPS) is 16.3. The molecular formula is C24H38N4O7. The topological polar surface area (TPSA) is 159 Å². The van der Waals surface area contributed by atoms with E-state index >= 15 is 0 Å². The van der Waals surface area contributed by atoms with Crippen molar-refractivity contribution in [2.75, 3.05) is 5.43 Å². The number of alkyl carbamates (subject to hydrolysis) is 1. The van der Waals surface area contributed by atoms with Gasteiger partial charge in [0, 0.05) is 12.1 Å². The van der Waals surface area contributed by atoms with Gasteiger partial charge >= 0.3 is 12.0 Å². The lowest BCUT2D eigenvalue weighted by atomic mass is 9.82. The second-order valence-corrected chi connectivity index (χ2v) is 10.4. The number of ketones is 1. The zero-order valence-corrected chi connectivity index (χ0v) is 21.1. The van der Waals surface area contributed by atoms with Gasteiger partial charge in [0.05, 0.1) is 0 Å². The molecule has 196 valence electrons. The van der Waals surface area contributed by atoms with E-state index in [0.29, 0.717) is 23.9 Å². The first kappa shape index (κ1) is 28.0. The van der Waals surface area contributed by atoms with Crippen LogP contribution in [0.15, 0.2) is 12.1 Å². The van der Waals surface area contributed by atoms with Crippen molar-refractivity contribution in [2.45, 2.75) is 90.8 Å². The van der Waals surface area contributed by atoms with E-state index in [-0.39, 0.29) is 11.8 Å². The predicted octanol–water partition coefficient (Wildman–Crippen LogP) is 2.54. The average Bonchev–Trinajstić information content (AvgIpc) is 3.07. The number of carbonyl (C=O) groups excluding carboxylic acids is 4. The number of nitrogens with one attached hydrogen (secondary N) is 3. The van der Waals surface area contributed by atoms with Gasteiger partial charge in [-0.2, -0.15) is 4.68 Å². The van der Waals surface area contributed by atoms with Crippen molar-refractivity contribution in [3.05, 3.63) is 12.1 Å². The maximum absolute atomic E-state index is 13.2. The van der Waals surface area contributed by atoms with Crippen molar-refractivity contribution < 1.29 is 34.1 Å². The van der Waals surface area contributed by atoms with E-state index in [2.05, 4.69) is 16.1 Å². The highest BCUT2D eigenvalue weighted by Gasteiger charge is 2.37. The van der Waals surface area contributed by atoms with Gasteiger partial charge in [0.15, 0.2) is 0 Å². The van der Waals surface area contributed by atoms with Crippen LogP contribution >= 0.6 is 0 Å². The summed E-state index contributed by atoms with van der Waals surface area (Å²) in [6.45, 7) is 8.91. The summed E-state index contributed by atoms with van der Waals surface area (Å²) in [7, 11) is 0. The van der Waals surface area contributed by atoms with Crippen LogP contribution in [0.5, 0.6) is 11.8 Å². The molecule has 35 heavy (non-hydrogen) atoms. The number of amides is 3. The molecule has 5 N–H and O–H groups in total. The number of aromatic hydroxyl groups is 2. The molecule has 1 aromatic rings. The molecule has 1 fully saturated rings. The standard InChI is InChI=1S/C24H38N4O7/c1-14(2)13-16(25-23(34)35-24(3,4)5)21(32)26-19(15-9-7-6-8-10-15)20(31)22(33)27-28-17(29)11-12-18(28)30/h11-12,14-16,19,29-30H,6-10,13H2,1-5H3,(H,25,34)(H,26,32)(H,27,33)/t16-,19?/m0/s1. The summed E-state index contributed by atoms with van der Waals surface area (Å²) < 4.78 is 5.95. The Balaban J connectivity index is 2.21. The molecule has 0 aromatic carbocycles. The molecule has 2 atom stereocenters. The molecule has 1 heterocycles. The number of nitrogens with zero attached hydrogens (tertiary/aromatic N) is 1. The minimum absolute atomic E-state index is 0.0486. The summed E-state index contributed by atoms with van der Waals surface area (Å²) in [5.41, 5.74) is 1.40. The van der Waals surface area contributed by atoms with Crippen LogP contribution < -0.4 is 16.1 Å².